The van der Waals surface area contributed by atoms with Gasteiger partial charge in [0.2, 0.25) is 0 Å². The van der Waals surface area contributed by atoms with Crippen LogP contribution in [0.2, 0.25) is 0 Å². The highest BCUT2D eigenvalue weighted by atomic mass is 16.5. The van der Waals surface area contributed by atoms with Crippen molar-refractivity contribution in [3.63, 3.8) is 0 Å². The van der Waals surface area contributed by atoms with Crippen LogP contribution in [0, 0.1) is 13.8 Å². The fourth-order valence-electron chi connectivity index (χ4n) is 4.44. The molecule has 1 unspecified atom stereocenters. The van der Waals surface area contributed by atoms with Crippen molar-refractivity contribution in [2.24, 2.45) is 0 Å². The molecule has 3 aromatic rings. The zero-order chi connectivity index (χ0) is 23.9. The summed E-state index contributed by atoms with van der Waals surface area (Å²) in [4.78, 5) is 15.7. The lowest BCUT2D eigenvalue weighted by atomic mass is 10.0. The molecule has 34 heavy (non-hydrogen) atoms. The first-order chi connectivity index (χ1) is 16.6. The van der Waals surface area contributed by atoms with Crippen molar-refractivity contribution in [3.8, 4) is 11.5 Å². The first kappa shape index (κ1) is 23.8. The summed E-state index contributed by atoms with van der Waals surface area (Å²) < 4.78 is 16.6. The van der Waals surface area contributed by atoms with Crippen LogP contribution in [-0.4, -0.2) is 42.7 Å². The molecule has 1 aliphatic heterocycles. The number of nitrogens with one attached hydrogen (secondary N) is 1. The SMILES string of the molecule is COc1ccc(C(CNC(=O)c2ccccc2OCc2c(C)noc2C)N2CCCCC2)cc1. The Bertz CT molecular complexity index is 1070. The number of amides is 1. The van der Waals surface area contributed by atoms with Gasteiger partial charge in [-0.25, -0.2) is 0 Å². The summed E-state index contributed by atoms with van der Waals surface area (Å²) in [6, 6.07) is 15.6. The number of nitrogens with zero attached hydrogens (tertiary/aromatic N) is 2. The lowest BCUT2D eigenvalue weighted by molar-refractivity contribution is 0.0920. The van der Waals surface area contributed by atoms with Gasteiger partial charge in [-0.15, -0.1) is 0 Å². The van der Waals surface area contributed by atoms with Gasteiger partial charge in [0.25, 0.3) is 5.91 Å². The summed E-state index contributed by atoms with van der Waals surface area (Å²) in [5, 5.41) is 7.13. The predicted octanol–water partition coefficient (Wildman–Crippen LogP) is 4.84. The molecule has 180 valence electrons. The average molecular weight is 464 g/mol. The minimum absolute atomic E-state index is 0.102. The molecule has 1 saturated heterocycles. The van der Waals surface area contributed by atoms with Crippen molar-refractivity contribution >= 4 is 5.91 Å². The molecule has 1 amide bonds. The largest absolute Gasteiger partial charge is 0.497 e. The molecule has 0 bridgehead atoms. The molecule has 1 aromatic heterocycles. The van der Waals surface area contributed by atoms with Crippen LogP contribution >= 0.6 is 0 Å². The second kappa shape index (κ2) is 11.2. The highest BCUT2D eigenvalue weighted by molar-refractivity contribution is 5.96. The molecular weight excluding hydrogens is 430 g/mol. The van der Waals surface area contributed by atoms with Gasteiger partial charge in [0.15, 0.2) is 0 Å². The number of methoxy groups -OCH3 is 1. The fraction of sp³-hybridized carbons (Fsp3) is 0.407. The van der Waals surface area contributed by atoms with Gasteiger partial charge >= 0.3 is 0 Å². The molecule has 4 rings (SSSR count). The van der Waals surface area contributed by atoms with Gasteiger partial charge in [0.1, 0.15) is 23.9 Å². The zero-order valence-electron chi connectivity index (χ0n) is 20.2. The number of hydrogen-bond donors (Lipinski definition) is 1. The van der Waals surface area contributed by atoms with E-state index in [1.807, 2.05) is 44.2 Å². The van der Waals surface area contributed by atoms with Crippen molar-refractivity contribution in [2.75, 3.05) is 26.7 Å². The lowest BCUT2D eigenvalue weighted by Crippen LogP contribution is -2.40. The molecule has 2 aromatic carbocycles. The molecule has 0 saturated carbocycles. The van der Waals surface area contributed by atoms with Crippen LogP contribution in [0.3, 0.4) is 0 Å². The Labute approximate surface area is 201 Å². The quantitative estimate of drug-likeness (QED) is 0.490. The van der Waals surface area contributed by atoms with Crippen molar-refractivity contribution in [1.29, 1.82) is 0 Å². The number of carbonyl (C=O) groups excluding carboxylic acids is 1. The molecule has 1 atom stereocenters. The Hall–Kier alpha value is -3.32. The zero-order valence-corrected chi connectivity index (χ0v) is 20.2. The van der Waals surface area contributed by atoms with E-state index in [2.05, 4.69) is 27.5 Å². The summed E-state index contributed by atoms with van der Waals surface area (Å²) in [5.74, 6) is 1.95. The highest BCUT2D eigenvalue weighted by Gasteiger charge is 2.24. The molecular formula is C27H33N3O4. The molecule has 7 heteroatoms. The Morgan fingerprint density at radius 2 is 1.82 bits per heavy atom. The summed E-state index contributed by atoms with van der Waals surface area (Å²) >= 11 is 0. The molecule has 2 heterocycles. The van der Waals surface area contributed by atoms with Crippen LogP contribution in [0.5, 0.6) is 11.5 Å². The van der Waals surface area contributed by atoms with Crippen LogP contribution in [0.1, 0.15) is 58.2 Å². The maximum Gasteiger partial charge on any atom is 0.255 e. The molecule has 0 spiro atoms. The van der Waals surface area contributed by atoms with E-state index in [0.29, 0.717) is 24.5 Å². The van der Waals surface area contributed by atoms with Gasteiger partial charge in [-0.05, 0) is 69.6 Å². The maximum atomic E-state index is 13.2. The van der Waals surface area contributed by atoms with Gasteiger partial charge in [0, 0.05) is 6.54 Å². The topological polar surface area (TPSA) is 76.8 Å². The number of piperidine rings is 1. The third kappa shape index (κ3) is 5.59. The van der Waals surface area contributed by atoms with Crippen LogP contribution in [0.4, 0.5) is 0 Å². The highest BCUT2D eigenvalue weighted by Crippen LogP contribution is 2.27. The second-order valence-corrected chi connectivity index (χ2v) is 8.68. The minimum atomic E-state index is -0.148. The van der Waals surface area contributed by atoms with Crippen molar-refractivity contribution in [2.45, 2.75) is 45.8 Å². The number of benzene rings is 2. The summed E-state index contributed by atoms with van der Waals surface area (Å²) in [7, 11) is 1.67. The van der Waals surface area contributed by atoms with Crippen molar-refractivity contribution in [3.05, 3.63) is 76.7 Å². The Balaban J connectivity index is 1.47. The molecule has 0 aliphatic carbocycles. The number of likely N-dealkylation sites (tertiary alicyclic amines) is 1. The molecule has 1 N–H and O–H groups in total. The number of rotatable bonds is 9. The third-order valence-corrected chi connectivity index (χ3v) is 6.47. The first-order valence-electron chi connectivity index (χ1n) is 11.9. The van der Waals surface area contributed by atoms with Crippen LogP contribution in [0.15, 0.2) is 53.1 Å². The summed E-state index contributed by atoms with van der Waals surface area (Å²) in [6.07, 6.45) is 3.62. The minimum Gasteiger partial charge on any atom is -0.497 e. The Morgan fingerprint density at radius 1 is 1.09 bits per heavy atom. The monoisotopic (exact) mass is 463 g/mol. The van der Waals surface area contributed by atoms with Crippen LogP contribution in [0.25, 0.3) is 0 Å². The van der Waals surface area contributed by atoms with E-state index in [4.69, 9.17) is 14.0 Å². The number of aryl methyl sites for hydroxylation is 2. The van der Waals surface area contributed by atoms with E-state index >= 15 is 0 Å². The average Bonchev–Trinajstić information content (AvgIpc) is 3.20. The van der Waals surface area contributed by atoms with E-state index in [-0.39, 0.29) is 11.9 Å². The molecule has 1 aliphatic rings. The fourth-order valence-corrected chi connectivity index (χ4v) is 4.44. The summed E-state index contributed by atoms with van der Waals surface area (Å²) in [6.45, 7) is 6.62. The van der Waals surface area contributed by atoms with Crippen molar-refractivity contribution < 1.29 is 18.8 Å². The van der Waals surface area contributed by atoms with Crippen molar-refractivity contribution in [1.82, 2.24) is 15.4 Å². The van der Waals surface area contributed by atoms with E-state index in [1.165, 1.54) is 24.8 Å². The number of aromatic nitrogens is 1. The van der Waals surface area contributed by atoms with Gasteiger partial charge in [-0.3, -0.25) is 9.69 Å². The van der Waals surface area contributed by atoms with Gasteiger partial charge in [-0.2, -0.15) is 0 Å². The predicted molar refractivity (Wildman–Crippen MR) is 130 cm³/mol. The maximum absolute atomic E-state index is 13.2. The van der Waals surface area contributed by atoms with Gasteiger partial charge in [-0.1, -0.05) is 35.8 Å². The van der Waals surface area contributed by atoms with E-state index < -0.39 is 0 Å². The smallest absolute Gasteiger partial charge is 0.255 e. The molecule has 0 radical (unpaired) electrons. The van der Waals surface area contributed by atoms with Crippen LogP contribution < -0.4 is 14.8 Å². The molecule has 7 nitrogen and oxygen atoms in total. The van der Waals surface area contributed by atoms with E-state index in [1.54, 1.807) is 13.2 Å². The second-order valence-electron chi connectivity index (χ2n) is 8.68. The van der Waals surface area contributed by atoms with E-state index in [0.717, 1.165) is 35.9 Å². The number of para-hydroxylation sites is 1. The lowest BCUT2D eigenvalue weighted by Gasteiger charge is -2.35. The number of carbonyl (C=O) groups is 1. The normalized spacial score (nSPS) is 15.0. The number of ether oxygens (including phenoxy) is 2. The van der Waals surface area contributed by atoms with Gasteiger partial charge in [0.05, 0.1) is 30.0 Å². The Morgan fingerprint density at radius 3 is 2.50 bits per heavy atom. The first-order valence-corrected chi connectivity index (χ1v) is 11.9. The number of hydrogen-bond acceptors (Lipinski definition) is 6. The molecule has 1 fully saturated rings. The van der Waals surface area contributed by atoms with Gasteiger partial charge < -0.3 is 19.3 Å². The standard InChI is InChI=1S/C27H33N3O4/c1-19-24(20(2)34-29-19)18-33-26-10-6-5-9-23(26)27(31)28-17-25(30-15-7-4-8-16-30)21-11-13-22(32-3)14-12-21/h5-6,9-14,25H,4,7-8,15-18H2,1-3H3,(H,28,31). The summed E-state index contributed by atoms with van der Waals surface area (Å²) in [5.41, 5.74) is 3.38. The van der Waals surface area contributed by atoms with Crippen LogP contribution in [-0.2, 0) is 6.61 Å². The third-order valence-electron chi connectivity index (χ3n) is 6.47. The Kier molecular flexibility index (Phi) is 7.85. The van der Waals surface area contributed by atoms with E-state index in [9.17, 15) is 4.79 Å².